The second-order valence-corrected chi connectivity index (χ2v) is 3.58. The lowest BCUT2D eigenvalue weighted by Crippen LogP contribution is -2.42. The molecule has 0 aliphatic carbocycles. The first-order valence-electron chi connectivity index (χ1n) is 5.07. The molecule has 14 heavy (non-hydrogen) atoms. The summed E-state index contributed by atoms with van der Waals surface area (Å²) in [5, 5.41) is 15.8. The summed E-state index contributed by atoms with van der Waals surface area (Å²) in [5.74, 6) is -1.19. The number of rotatable bonds is 4. The van der Waals surface area contributed by atoms with Crippen LogP contribution < -0.4 is 0 Å². The molecule has 4 heteroatoms. The Kier molecular flexibility index (Phi) is 8.79. The first-order valence-corrected chi connectivity index (χ1v) is 5.07. The number of aliphatic carboxylic acids is 1. The summed E-state index contributed by atoms with van der Waals surface area (Å²) in [6.45, 7) is 11.7. The van der Waals surface area contributed by atoms with Crippen LogP contribution in [0.4, 0.5) is 0 Å². The Morgan fingerprint density at radius 1 is 1.21 bits per heavy atom. The van der Waals surface area contributed by atoms with E-state index >= 15 is 0 Å². The average molecular weight is 206 g/mol. The summed E-state index contributed by atoms with van der Waals surface area (Å²) in [4.78, 5) is 9.45. The quantitative estimate of drug-likeness (QED) is 0.673. The number of aliphatic hydroxyl groups excluding tert-OH is 1. The van der Waals surface area contributed by atoms with Crippen molar-refractivity contribution in [3.05, 3.63) is 0 Å². The maximum atomic E-state index is 9.45. The van der Waals surface area contributed by atoms with Gasteiger partial charge in [-0.1, -0.05) is 0 Å². The zero-order valence-corrected chi connectivity index (χ0v) is 9.95. The molecule has 0 saturated heterocycles. The van der Waals surface area contributed by atoms with E-state index in [0.717, 1.165) is 0 Å². The van der Waals surface area contributed by atoms with Gasteiger partial charge in [0.15, 0.2) is 0 Å². The fraction of sp³-hybridized carbons (Fsp3) is 0.900. The molecule has 0 rings (SSSR count). The molecule has 0 aromatic rings. The second kappa shape index (κ2) is 7.76. The number of hydrogen-bond donors (Lipinski definition) is 2. The summed E-state index contributed by atoms with van der Waals surface area (Å²) in [7, 11) is 2.29. The number of carbonyl (C=O) groups is 1. The largest absolute Gasteiger partial charge is 0.479 e. The number of hydrogen-bond acceptors (Lipinski definition) is 2. The molecule has 0 radical (unpaired) electrons. The SMILES string of the molecule is CC(O)C(=O)O.CC[N+](C)(CC)CC. The van der Waals surface area contributed by atoms with Gasteiger partial charge in [-0.15, -0.1) is 0 Å². The topological polar surface area (TPSA) is 57.5 Å². The van der Waals surface area contributed by atoms with Crippen LogP contribution >= 0.6 is 0 Å². The molecule has 2 N–H and O–H groups in total. The molecule has 1 unspecified atom stereocenters. The predicted octanol–water partition coefficient (Wildman–Crippen LogP) is 0.944. The van der Waals surface area contributed by atoms with Crippen molar-refractivity contribution in [1.82, 2.24) is 0 Å². The summed E-state index contributed by atoms with van der Waals surface area (Å²) in [5.41, 5.74) is 0. The predicted molar refractivity (Wildman–Crippen MR) is 57.1 cm³/mol. The standard InChI is InChI=1S/C7H18N.C3H6O3/c1-5-8(4,6-2)7-3;1-2(4)3(5)6/h5-7H2,1-4H3;2,4H,1H3,(H,5,6)/q+1;. The molecular formula is C10H24NO3+. The normalized spacial score (nSPS) is 12.7. The number of carboxylic acid groups (broad SMARTS) is 1. The Morgan fingerprint density at radius 2 is 1.43 bits per heavy atom. The zero-order valence-electron chi connectivity index (χ0n) is 9.95. The van der Waals surface area contributed by atoms with E-state index < -0.39 is 12.1 Å². The first kappa shape index (κ1) is 15.8. The van der Waals surface area contributed by atoms with E-state index in [2.05, 4.69) is 27.8 Å². The number of nitrogens with zero attached hydrogens (tertiary/aromatic N) is 1. The highest BCUT2D eigenvalue weighted by molar-refractivity contribution is 5.71. The van der Waals surface area contributed by atoms with Crippen molar-refractivity contribution in [3.8, 4) is 0 Å². The van der Waals surface area contributed by atoms with E-state index in [9.17, 15) is 4.79 Å². The molecule has 86 valence electrons. The lowest BCUT2D eigenvalue weighted by atomic mass is 10.4. The van der Waals surface area contributed by atoms with E-state index in [-0.39, 0.29) is 0 Å². The average Bonchev–Trinajstić information content (AvgIpc) is 2.17. The molecule has 0 aromatic carbocycles. The lowest BCUT2D eigenvalue weighted by molar-refractivity contribution is -0.904. The van der Waals surface area contributed by atoms with Crippen molar-refractivity contribution in [3.63, 3.8) is 0 Å². The van der Waals surface area contributed by atoms with Crippen molar-refractivity contribution in [2.75, 3.05) is 26.7 Å². The van der Waals surface area contributed by atoms with Gasteiger partial charge < -0.3 is 14.7 Å². The summed E-state index contributed by atoms with van der Waals surface area (Å²) in [6, 6.07) is 0. The summed E-state index contributed by atoms with van der Waals surface area (Å²) in [6.07, 6.45) is -1.23. The van der Waals surface area contributed by atoms with Gasteiger partial charge in [-0.3, -0.25) is 0 Å². The highest BCUT2D eigenvalue weighted by Gasteiger charge is 2.10. The fourth-order valence-electron chi connectivity index (χ4n) is 0.671. The van der Waals surface area contributed by atoms with Gasteiger partial charge in [0.2, 0.25) is 0 Å². The minimum Gasteiger partial charge on any atom is -0.479 e. The Morgan fingerprint density at radius 3 is 1.43 bits per heavy atom. The van der Waals surface area contributed by atoms with Gasteiger partial charge in [-0.2, -0.15) is 0 Å². The molecule has 0 aliphatic rings. The minimum atomic E-state index is -1.23. The number of carboxylic acids is 1. The molecule has 0 heterocycles. The van der Waals surface area contributed by atoms with Gasteiger partial charge in [-0.25, -0.2) is 4.79 Å². The van der Waals surface area contributed by atoms with Crippen LogP contribution in [0.15, 0.2) is 0 Å². The molecule has 0 aliphatic heterocycles. The van der Waals surface area contributed by atoms with Crippen LogP contribution in [-0.2, 0) is 4.79 Å². The van der Waals surface area contributed by atoms with Crippen LogP contribution in [0.3, 0.4) is 0 Å². The second-order valence-electron chi connectivity index (χ2n) is 3.58. The third kappa shape index (κ3) is 8.01. The van der Waals surface area contributed by atoms with E-state index in [1.54, 1.807) is 0 Å². The third-order valence-corrected chi connectivity index (χ3v) is 2.65. The monoisotopic (exact) mass is 206 g/mol. The zero-order chi connectivity index (χ0) is 11.8. The number of aliphatic hydroxyl groups is 1. The van der Waals surface area contributed by atoms with E-state index in [0.29, 0.717) is 0 Å². The van der Waals surface area contributed by atoms with Crippen molar-refractivity contribution < 1.29 is 19.5 Å². The Balaban J connectivity index is 0. The van der Waals surface area contributed by atoms with Gasteiger partial charge in [0.1, 0.15) is 6.10 Å². The Labute approximate surface area is 86.7 Å². The van der Waals surface area contributed by atoms with Gasteiger partial charge in [0.25, 0.3) is 0 Å². The first-order chi connectivity index (χ1) is 6.32. The van der Waals surface area contributed by atoms with Crippen LogP contribution in [0.5, 0.6) is 0 Å². The van der Waals surface area contributed by atoms with Crippen molar-refractivity contribution in [2.45, 2.75) is 33.8 Å². The molecule has 0 spiro atoms. The molecule has 0 saturated carbocycles. The summed E-state index contributed by atoms with van der Waals surface area (Å²) >= 11 is 0. The van der Waals surface area contributed by atoms with Crippen LogP contribution in [0.25, 0.3) is 0 Å². The van der Waals surface area contributed by atoms with Gasteiger partial charge in [0.05, 0.1) is 26.7 Å². The number of quaternary nitrogens is 1. The summed E-state index contributed by atoms with van der Waals surface area (Å²) < 4.78 is 1.21. The Bertz CT molecular complexity index is 145. The van der Waals surface area contributed by atoms with E-state index in [1.165, 1.54) is 31.0 Å². The third-order valence-electron chi connectivity index (χ3n) is 2.65. The highest BCUT2D eigenvalue weighted by Crippen LogP contribution is 1.97. The highest BCUT2D eigenvalue weighted by atomic mass is 16.4. The molecule has 1 atom stereocenters. The van der Waals surface area contributed by atoms with Crippen LogP contribution in [0.1, 0.15) is 27.7 Å². The molecule has 0 amide bonds. The smallest absolute Gasteiger partial charge is 0.332 e. The van der Waals surface area contributed by atoms with Crippen molar-refractivity contribution in [2.24, 2.45) is 0 Å². The van der Waals surface area contributed by atoms with Crippen molar-refractivity contribution >= 4 is 5.97 Å². The maximum Gasteiger partial charge on any atom is 0.332 e. The lowest BCUT2D eigenvalue weighted by Gasteiger charge is -2.30. The van der Waals surface area contributed by atoms with Gasteiger partial charge >= 0.3 is 5.97 Å². The van der Waals surface area contributed by atoms with Crippen LogP contribution in [0, 0.1) is 0 Å². The van der Waals surface area contributed by atoms with Gasteiger partial charge in [0, 0.05) is 0 Å². The molecule has 0 bridgehead atoms. The minimum absolute atomic E-state index is 1.19. The molecular weight excluding hydrogens is 182 g/mol. The Hall–Kier alpha value is -0.610. The van der Waals surface area contributed by atoms with E-state index in [4.69, 9.17) is 10.2 Å². The van der Waals surface area contributed by atoms with Crippen LogP contribution in [0.2, 0.25) is 0 Å². The molecule has 0 aromatic heterocycles. The fourth-order valence-corrected chi connectivity index (χ4v) is 0.671. The van der Waals surface area contributed by atoms with Crippen molar-refractivity contribution in [1.29, 1.82) is 0 Å². The molecule has 0 fully saturated rings. The van der Waals surface area contributed by atoms with E-state index in [1.807, 2.05) is 0 Å². The maximum absolute atomic E-state index is 9.45. The molecule has 4 nitrogen and oxygen atoms in total. The van der Waals surface area contributed by atoms with Crippen LogP contribution in [-0.4, -0.2) is 53.5 Å². The van der Waals surface area contributed by atoms with Gasteiger partial charge in [-0.05, 0) is 27.7 Å².